The molecule has 0 aliphatic carbocycles. The molecular formula is C13H11F4N3O. The summed E-state index contributed by atoms with van der Waals surface area (Å²) >= 11 is 0. The minimum atomic E-state index is -4.52. The molecule has 0 aliphatic rings. The topological polar surface area (TPSA) is 47.0 Å². The van der Waals surface area contributed by atoms with Crippen LogP contribution in [0.2, 0.25) is 0 Å². The lowest BCUT2D eigenvalue weighted by molar-refractivity contribution is -0.141. The van der Waals surface area contributed by atoms with Crippen molar-refractivity contribution in [3.8, 4) is 5.75 Å². The minimum absolute atomic E-state index is 0.0561. The highest BCUT2D eigenvalue weighted by Crippen LogP contribution is 2.27. The van der Waals surface area contributed by atoms with Gasteiger partial charge in [0.2, 0.25) is 5.95 Å². The minimum Gasteiger partial charge on any atom is -0.489 e. The molecule has 0 unspecified atom stereocenters. The molecule has 2 aromatic rings. The smallest absolute Gasteiger partial charge is 0.433 e. The molecule has 0 amide bonds. The Labute approximate surface area is 117 Å². The summed E-state index contributed by atoms with van der Waals surface area (Å²) in [5.74, 6) is -0.598. The van der Waals surface area contributed by atoms with Gasteiger partial charge in [0.25, 0.3) is 0 Å². The highest BCUT2D eigenvalue weighted by Gasteiger charge is 2.32. The van der Waals surface area contributed by atoms with Gasteiger partial charge in [0.05, 0.1) is 6.54 Å². The predicted octanol–water partition coefficient (Wildman–Crippen LogP) is 3.13. The number of aromatic nitrogens is 2. The van der Waals surface area contributed by atoms with Crippen LogP contribution in [0.5, 0.6) is 5.75 Å². The molecule has 8 heteroatoms. The Bertz CT molecular complexity index is 604. The van der Waals surface area contributed by atoms with Crippen LogP contribution in [-0.4, -0.2) is 23.1 Å². The summed E-state index contributed by atoms with van der Waals surface area (Å²) in [6.07, 6.45) is -3.51. The molecule has 0 aliphatic heterocycles. The molecule has 112 valence electrons. The van der Waals surface area contributed by atoms with Crippen molar-refractivity contribution in [2.24, 2.45) is 0 Å². The van der Waals surface area contributed by atoms with Crippen LogP contribution in [0.15, 0.2) is 36.5 Å². The number of ether oxygens (including phenoxy) is 1. The Morgan fingerprint density at radius 1 is 1.14 bits per heavy atom. The Morgan fingerprint density at radius 3 is 2.62 bits per heavy atom. The highest BCUT2D eigenvalue weighted by atomic mass is 19.4. The number of anilines is 1. The normalized spacial score (nSPS) is 11.2. The summed E-state index contributed by atoms with van der Waals surface area (Å²) in [6.45, 7) is 0.191. The zero-order valence-corrected chi connectivity index (χ0v) is 10.7. The number of nitrogens with one attached hydrogen (secondary N) is 1. The summed E-state index contributed by atoms with van der Waals surface area (Å²) < 4.78 is 55.7. The predicted molar refractivity (Wildman–Crippen MR) is 67.4 cm³/mol. The molecular weight excluding hydrogens is 290 g/mol. The van der Waals surface area contributed by atoms with Gasteiger partial charge in [0.15, 0.2) is 11.6 Å². The van der Waals surface area contributed by atoms with Gasteiger partial charge in [0, 0.05) is 6.20 Å². The Balaban J connectivity index is 1.85. The van der Waals surface area contributed by atoms with E-state index in [0.717, 1.165) is 12.3 Å². The third-order valence-electron chi connectivity index (χ3n) is 2.43. The molecule has 0 fully saturated rings. The zero-order valence-electron chi connectivity index (χ0n) is 10.7. The Kier molecular flexibility index (Phi) is 4.56. The lowest BCUT2D eigenvalue weighted by Crippen LogP contribution is -2.16. The van der Waals surface area contributed by atoms with Crippen LogP contribution >= 0.6 is 0 Å². The van der Waals surface area contributed by atoms with E-state index in [4.69, 9.17) is 4.74 Å². The van der Waals surface area contributed by atoms with E-state index in [-0.39, 0.29) is 24.8 Å². The van der Waals surface area contributed by atoms with Gasteiger partial charge in [-0.1, -0.05) is 12.1 Å². The quantitative estimate of drug-likeness (QED) is 0.681. The van der Waals surface area contributed by atoms with E-state index in [2.05, 4.69) is 15.3 Å². The first-order valence-corrected chi connectivity index (χ1v) is 5.98. The van der Waals surface area contributed by atoms with Gasteiger partial charge < -0.3 is 10.1 Å². The molecule has 2 rings (SSSR count). The van der Waals surface area contributed by atoms with Gasteiger partial charge in [0.1, 0.15) is 12.3 Å². The standard InChI is InChI=1S/C13H11F4N3O/c14-9-3-1-2-4-10(9)21-8-7-19-12-18-6-5-11(20-12)13(15,16)17/h1-6H,7-8H2,(H,18,19,20). The molecule has 1 N–H and O–H groups in total. The van der Waals surface area contributed by atoms with Crippen molar-refractivity contribution in [1.82, 2.24) is 9.97 Å². The van der Waals surface area contributed by atoms with Gasteiger partial charge in [-0.2, -0.15) is 13.2 Å². The van der Waals surface area contributed by atoms with Crippen LogP contribution < -0.4 is 10.1 Å². The average Bonchev–Trinajstić information content (AvgIpc) is 2.45. The fourth-order valence-corrected chi connectivity index (χ4v) is 1.49. The van der Waals surface area contributed by atoms with Crippen LogP contribution in [0.25, 0.3) is 0 Å². The van der Waals surface area contributed by atoms with Crippen molar-refractivity contribution < 1.29 is 22.3 Å². The highest BCUT2D eigenvalue weighted by molar-refractivity contribution is 5.26. The largest absolute Gasteiger partial charge is 0.489 e. The van der Waals surface area contributed by atoms with Crippen molar-refractivity contribution in [2.75, 3.05) is 18.5 Å². The monoisotopic (exact) mass is 301 g/mol. The first kappa shape index (κ1) is 15.0. The number of hydrogen-bond donors (Lipinski definition) is 1. The van der Waals surface area contributed by atoms with E-state index in [1.807, 2.05) is 0 Å². The van der Waals surface area contributed by atoms with Crippen molar-refractivity contribution in [3.05, 3.63) is 48.0 Å². The van der Waals surface area contributed by atoms with E-state index in [0.29, 0.717) is 0 Å². The maximum atomic E-state index is 13.2. The third-order valence-corrected chi connectivity index (χ3v) is 2.43. The average molecular weight is 301 g/mol. The summed E-state index contributed by atoms with van der Waals surface area (Å²) in [6, 6.07) is 6.62. The zero-order chi connectivity index (χ0) is 15.3. The van der Waals surface area contributed by atoms with E-state index >= 15 is 0 Å². The molecule has 21 heavy (non-hydrogen) atoms. The first-order valence-electron chi connectivity index (χ1n) is 5.98. The van der Waals surface area contributed by atoms with Crippen LogP contribution in [0.3, 0.4) is 0 Å². The maximum absolute atomic E-state index is 13.2. The molecule has 1 heterocycles. The van der Waals surface area contributed by atoms with Gasteiger partial charge in [-0.05, 0) is 18.2 Å². The van der Waals surface area contributed by atoms with Crippen molar-refractivity contribution in [2.45, 2.75) is 6.18 Å². The van der Waals surface area contributed by atoms with Crippen LogP contribution in [0.1, 0.15) is 5.69 Å². The number of rotatable bonds is 5. The molecule has 0 saturated heterocycles. The summed E-state index contributed by atoms with van der Waals surface area (Å²) in [5.41, 5.74) is -1.03. The number of para-hydroxylation sites is 1. The first-order chi connectivity index (χ1) is 9.97. The fraction of sp³-hybridized carbons (Fsp3) is 0.231. The maximum Gasteiger partial charge on any atom is 0.433 e. The van der Waals surface area contributed by atoms with Crippen LogP contribution in [0.4, 0.5) is 23.5 Å². The summed E-state index contributed by atoms with van der Waals surface area (Å²) in [4.78, 5) is 6.99. The Morgan fingerprint density at radius 2 is 1.90 bits per heavy atom. The fourth-order valence-electron chi connectivity index (χ4n) is 1.49. The number of nitrogens with zero attached hydrogens (tertiary/aromatic N) is 2. The third kappa shape index (κ3) is 4.30. The molecule has 4 nitrogen and oxygen atoms in total. The van der Waals surface area contributed by atoms with Crippen molar-refractivity contribution >= 4 is 5.95 Å². The second-order valence-corrected chi connectivity index (χ2v) is 3.97. The van der Waals surface area contributed by atoms with Crippen LogP contribution in [0, 0.1) is 5.82 Å². The lowest BCUT2D eigenvalue weighted by Gasteiger charge is -2.09. The molecule has 0 radical (unpaired) electrons. The van der Waals surface area contributed by atoms with Gasteiger partial charge in [-0.15, -0.1) is 0 Å². The Hall–Kier alpha value is -2.38. The summed E-state index contributed by atoms with van der Waals surface area (Å²) in [5, 5.41) is 2.58. The molecule has 1 aromatic carbocycles. The van der Waals surface area contributed by atoms with Gasteiger partial charge in [-0.3, -0.25) is 0 Å². The van der Waals surface area contributed by atoms with Gasteiger partial charge in [-0.25, -0.2) is 14.4 Å². The van der Waals surface area contributed by atoms with Gasteiger partial charge >= 0.3 is 6.18 Å². The van der Waals surface area contributed by atoms with Crippen molar-refractivity contribution in [3.63, 3.8) is 0 Å². The number of benzene rings is 1. The summed E-state index contributed by atoms with van der Waals surface area (Å²) in [7, 11) is 0. The molecule has 0 saturated carbocycles. The second-order valence-electron chi connectivity index (χ2n) is 3.97. The second kappa shape index (κ2) is 6.38. The molecule has 0 atom stereocenters. The molecule has 1 aromatic heterocycles. The van der Waals surface area contributed by atoms with Crippen molar-refractivity contribution in [1.29, 1.82) is 0 Å². The number of alkyl halides is 3. The molecule has 0 bridgehead atoms. The number of halogens is 4. The van der Waals surface area contributed by atoms with E-state index in [1.54, 1.807) is 6.07 Å². The van der Waals surface area contributed by atoms with Crippen LogP contribution in [-0.2, 0) is 6.18 Å². The van der Waals surface area contributed by atoms with E-state index in [1.165, 1.54) is 18.2 Å². The molecule has 0 spiro atoms. The van der Waals surface area contributed by atoms with E-state index in [9.17, 15) is 17.6 Å². The number of hydrogen-bond acceptors (Lipinski definition) is 4. The SMILES string of the molecule is Fc1ccccc1OCCNc1nccc(C(F)(F)F)n1. The lowest BCUT2D eigenvalue weighted by atomic mass is 10.3. The van der Waals surface area contributed by atoms with E-state index < -0.39 is 17.7 Å².